The van der Waals surface area contributed by atoms with Gasteiger partial charge >= 0.3 is 11.9 Å². The topological polar surface area (TPSA) is 106 Å². The Hall–Kier alpha value is -1.93. The maximum atomic E-state index is 12.3. The lowest BCUT2D eigenvalue weighted by atomic mass is 9.89. The largest absolute Gasteiger partial charge is 0.465 e. The molecular weight excluding hydrogens is 324 g/mol. The number of likely N-dealkylation sites (tertiary alicyclic amines) is 1. The summed E-state index contributed by atoms with van der Waals surface area (Å²) in [6, 6.07) is -0.668. The van der Waals surface area contributed by atoms with Crippen molar-refractivity contribution in [3.8, 4) is 0 Å². The van der Waals surface area contributed by atoms with Gasteiger partial charge in [0, 0.05) is 25.5 Å². The van der Waals surface area contributed by atoms with E-state index in [4.69, 9.17) is 15.2 Å². The van der Waals surface area contributed by atoms with Crippen molar-refractivity contribution in [3.63, 3.8) is 0 Å². The summed E-state index contributed by atoms with van der Waals surface area (Å²) < 4.78 is 10.3. The number of aliphatic imine (C=N–C) groups is 1. The van der Waals surface area contributed by atoms with Crippen molar-refractivity contribution in [1.82, 2.24) is 10.2 Å². The van der Waals surface area contributed by atoms with Gasteiger partial charge in [0.15, 0.2) is 0 Å². The Bertz CT molecular complexity index is 561. The van der Waals surface area contributed by atoms with E-state index in [-0.39, 0.29) is 11.9 Å². The molecule has 0 spiro atoms. The quantitative estimate of drug-likeness (QED) is 0.705. The Balaban J connectivity index is 2.00. The number of esters is 2. The zero-order valence-corrected chi connectivity index (χ0v) is 15.3. The Kier molecular flexibility index (Phi) is 5.84. The number of nitrogens with zero attached hydrogens (tertiary/aromatic N) is 2. The molecule has 2 atom stereocenters. The first-order valence-electron chi connectivity index (χ1n) is 8.49. The predicted octanol–water partition coefficient (Wildman–Crippen LogP) is 0.382. The number of methoxy groups -OCH3 is 1. The van der Waals surface area contributed by atoms with Crippen LogP contribution in [0.25, 0.3) is 0 Å². The van der Waals surface area contributed by atoms with Gasteiger partial charge < -0.3 is 20.5 Å². The minimum Gasteiger partial charge on any atom is -0.465 e. The molecule has 0 bridgehead atoms. The second-order valence-electron chi connectivity index (χ2n) is 7.33. The number of nitrogens with one attached hydrogen (secondary N) is 1. The van der Waals surface area contributed by atoms with Crippen LogP contribution in [0, 0.1) is 5.92 Å². The molecular formula is C17H28N4O4. The standard InChI is InChI=1S/C17H28N4O4/c1-16(2,3)25-14(22)13(18)12-6-10-21(11-7-12)17(15(23)24-4)19-8-5-9-20-17/h5,8-9,12-13,19H,6-7,10-11,18H2,1-4H3. The van der Waals surface area contributed by atoms with Gasteiger partial charge in [0.2, 0.25) is 0 Å². The molecule has 3 N–H and O–H groups in total. The predicted molar refractivity (Wildman–Crippen MR) is 93.6 cm³/mol. The van der Waals surface area contributed by atoms with Crippen LogP contribution in [0.15, 0.2) is 17.3 Å². The minimum atomic E-state index is -1.25. The molecule has 2 aliphatic rings. The van der Waals surface area contributed by atoms with Crippen LogP contribution in [0.2, 0.25) is 0 Å². The molecule has 1 fully saturated rings. The lowest BCUT2D eigenvalue weighted by Crippen LogP contribution is -2.64. The van der Waals surface area contributed by atoms with Crippen LogP contribution in [0.1, 0.15) is 33.6 Å². The zero-order valence-electron chi connectivity index (χ0n) is 15.3. The average molecular weight is 352 g/mol. The summed E-state index contributed by atoms with van der Waals surface area (Å²) in [5.41, 5.74) is 5.54. The van der Waals surface area contributed by atoms with Crippen molar-refractivity contribution in [1.29, 1.82) is 0 Å². The fourth-order valence-electron chi connectivity index (χ4n) is 3.10. The number of carbonyl (C=O) groups is 2. The smallest absolute Gasteiger partial charge is 0.371 e. The first-order chi connectivity index (χ1) is 11.7. The van der Waals surface area contributed by atoms with Crippen LogP contribution >= 0.6 is 0 Å². The van der Waals surface area contributed by atoms with Crippen molar-refractivity contribution < 1.29 is 19.1 Å². The molecule has 0 aromatic carbocycles. The number of rotatable bonds is 4. The molecule has 8 nitrogen and oxygen atoms in total. The minimum absolute atomic E-state index is 0.00362. The van der Waals surface area contributed by atoms with E-state index in [0.717, 1.165) is 0 Å². The van der Waals surface area contributed by atoms with Crippen LogP contribution in [-0.4, -0.2) is 60.7 Å². The van der Waals surface area contributed by atoms with Crippen LogP contribution in [0.3, 0.4) is 0 Å². The molecule has 25 heavy (non-hydrogen) atoms. The van der Waals surface area contributed by atoms with Gasteiger partial charge in [-0.1, -0.05) is 0 Å². The number of ether oxygens (including phenoxy) is 2. The second kappa shape index (κ2) is 7.53. The van der Waals surface area contributed by atoms with Crippen LogP contribution < -0.4 is 11.1 Å². The maximum absolute atomic E-state index is 12.3. The molecule has 0 aliphatic carbocycles. The summed E-state index contributed by atoms with van der Waals surface area (Å²) in [7, 11) is 1.34. The van der Waals surface area contributed by atoms with Gasteiger partial charge in [0.25, 0.3) is 5.79 Å². The number of nitrogens with two attached hydrogens (primary N) is 1. The average Bonchev–Trinajstić information content (AvgIpc) is 2.59. The summed E-state index contributed by atoms with van der Waals surface area (Å²) in [5, 5.41) is 3.00. The molecule has 0 aromatic rings. The Morgan fingerprint density at radius 2 is 2.00 bits per heavy atom. The Morgan fingerprint density at radius 1 is 1.36 bits per heavy atom. The van der Waals surface area contributed by atoms with E-state index < -0.39 is 23.4 Å². The van der Waals surface area contributed by atoms with Crippen molar-refractivity contribution >= 4 is 18.2 Å². The van der Waals surface area contributed by atoms with Gasteiger partial charge in [-0.15, -0.1) is 0 Å². The third-order valence-electron chi connectivity index (χ3n) is 4.38. The highest BCUT2D eigenvalue weighted by atomic mass is 16.6. The van der Waals surface area contributed by atoms with Gasteiger partial charge in [-0.05, 0) is 45.6 Å². The first kappa shape index (κ1) is 19.4. The molecule has 0 amide bonds. The highest BCUT2D eigenvalue weighted by molar-refractivity contribution is 5.85. The number of allylic oxidation sites excluding steroid dienone is 1. The fourth-order valence-corrected chi connectivity index (χ4v) is 3.10. The van der Waals surface area contributed by atoms with Gasteiger partial charge in [0.05, 0.1) is 7.11 Å². The normalized spacial score (nSPS) is 26.0. The number of carbonyl (C=O) groups excluding carboxylic acids is 2. The molecule has 0 radical (unpaired) electrons. The zero-order chi connectivity index (χ0) is 18.7. The van der Waals surface area contributed by atoms with Crippen LogP contribution in [0.4, 0.5) is 0 Å². The van der Waals surface area contributed by atoms with Crippen molar-refractivity contribution in [3.05, 3.63) is 12.3 Å². The molecule has 2 aliphatic heterocycles. The van der Waals surface area contributed by atoms with E-state index in [1.165, 1.54) is 7.11 Å². The number of hydrogen-bond acceptors (Lipinski definition) is 8. The van der Waals surface area contributed by atoms with Crippen LogP contribution in [-0.2, 0) is 19.1 Å². The van der Waals surface area contributed by atoms with E-state index in [2.05, 4.69) is 10.3 Å². The maximum Gasteiger partial charge on any atom is 0.371 e. The molecule has 1 saturated heterocycles. The van der Waals surface area contributed by atoms with E-state index in [0.29, 0.717) is 25.9 Å². The van der Waals surface area contributed by atoms with Gasteiger partial charge in [0.1, 0.15) is 11.6 Å². The van der Waals surface area contributed by atoms with Crippen molar-refractivity contribution in [2.75, 3.05) is 20.2 Å². The van der Waals surface area contributed by atoms with Gasteiger partial charge in [-0.2, -0.15) is 0 Å². The second-order valence-corrected chi connectivity index (χ2v) is 7.33. The third kappa shape index (κ3) is 4.38. The lowest BCUT2D eigenvalue weighted by Gasteiger charge is -2.43. The summed E-state index contributed by atoms with van der Waals surface area (Å²) in [4.78, 5) is 30.7. The lowest BCUT2D eigenvalue weighted by molar-refractivity contribution is -0.162. The molecule has 2 heterocycles. The molecule has 2 rings (SSSR count). The summed E-state index contributed by atoms with van der Waals surface area (Å²) in [6.45, 7) is 6.59. The highest BCUT2D eigenvalue weighted by Crippen LogP contribution is 2.28. The highest BCUT2D eigenvalue weighted by Gasteiger charge is 2.47. The van der Waals surface area contributed by atoms with E-state index in [9.17, 15) is 9.59 Å². The monoisotopic (exact) mass is 352 g/mol. The van der Waals surface area contributed by atoms with Gasteiger partial charge in [-0.3, -0.25) is 9.69 Å². The van der Waals surface area contributed by atoms with E-state index in [1.807, 2.05) is 25.7 Å². The first-order valence-corrected chi connectivity index (χ1v) is 8.49. The van der Waals surface area contributed by atoms with Crippen molar-refractivity contribution in [2.24, 2.45) is 16.6 Å². The number of hydrogen-bond donors (Lipinski definition) is 2. The Morgan fingerprint density at radius 3 is 2.48 bits per heavy atom. The molecule has 140 valence electrons. The summed E-state index contributed by atoms with van der Waals surface area (Å²) >= 11 is 0. The fraction of sp³-hybridized carbons (Fsp3) is 0.706. The summed E-state index contributed by atoms with van der Waals surface area (Å²) in [5.74, 6) is -2.10. The van der Waals surface area contributed by atoms with E-state index >= 15 is 0 Å². The number of piperidine rings is 1. The third-order valence-corrected chi connectivity index (χ3v) is 4.38. The molecule has 2 unspecified atom stereocenters. The molecule has 0 aromatic heterocycles. The van der Waals surface area contributed by atoms with Crippen molar-refractivity contribution in [2.45, 2.75) is 51.0 Å². The summed E-state index contributed by atoms with van der Waals surface area (Å²) in [6.07, 6.45) is 6.29. The van der Waals surface area contributed by atoms with E-state index in [1.54, 1.807) is 18.5 Å². The molecule has 8 heteroatoms. The SMILES string of the molecule is COC(=O)C1(N2CCC(C(N)C(=O)OC(C)(C)C)CC2)N=CC=CN1. The van der Waals surface area contributed by atoms with Crippen LogP contribution in [0.5, 0.6) is 0 Å². The molecule has 0 saturated carbocycles. The Labute approximate surface area is 148 Å². The van der Waals surface area contributed by atoms with Gasteiger partial charge in [-0.25, -0.2) is 9.79 Å².